The fourth-order valence-corrected chi connectivity index (χ4v) is 4.00. The molecule has 1 aromatic heterocycles. The predicted octanol–water partition coefficient (Wildman–Crippen LogP) is 5.79. The van der Waals surface area contributed by atoms with Gasteiger partial charge in [0.15, 0.2) is 0 Å². The summed E-state index contributed by atoms with van der Waals surface area (Å²) in [6.45, 7) is 5.40. The SMILES string of the molecule is CN(C(=O)OC(C)(C)C)C(Cc1ccccc1)C(=O)Nc1ccc(SCc2ccccc2)nc1. The molecule has 0 bridgehead atoms. The number of nitrogens with one attached hydrogen (secondary N) is 1. The van der Waals surface area contributed by atoms with E-state index >= 15 is 0 Å². The van der Waals surface area contributed by atoms with Crippen LogP contribution in [0.15, 0.2) is 84.0 Å². The Morgan fingerprint density at radius 1 is 0.971 bits per heavy atom. The summed E-state index contributed by atoms with van der Waals surface area (Å²) in [5.41, 5.74) is 2.09. The molecule has 0 aliphatic rings. The molecule has 178 valence electrons. The van der Waals surface area contributed by atoms with Crippen LogP contribution in [0, 0.1) is 0 Å². The normalized spacial score (nSPS) is 12.0. The first kappa shape index (κ1) is 25.3. The van der Waals surface area contributed by atoms with Gasteiger partial charge in [-0.05, 0) is 44.0 Å². The summed E-state index contributed by atoms with van der Waals surface area (Å²) in [5, 5.41) is 3.77. The number of thioether (sulfide) groups is 1. The first-order valence-corrected chi connectivity index (χ1v) is 12.1. The first-order valence-electron chi connectivity index (χ1n) is 11.1. The molecule has 2 aromatic carbocycles. The number of ether oxygens (including phenoxy) is 1. The van der Waals surface area contributed by atoms with Crippen molar-refractivity contribution in [1.29, 1.82) is 0 Å². The Kier molecular flexibility index (Phi) is 8.71. The predicted molar refractivity (Wildman–Crippen MR) is 137 cm³/mol. The highest BCUT2D eigenvalue weighted by atomic mass is 32.2. The zero-order valence-corrected chi connectivity index (χ0v) is 20.8. The number of hydrogen-bond donors (Lipinski definition) is 1. The van der Waals surface area contributed by atoms with Crippen molar-refractivity contribution in [3.63, 3.8) is 0 Å². The molecule has 1 unspecified atom stereocenters. The summed E-state index contributed by atoms with van der Waals surface area (Å²) >= 11 is 1.63. The Morgan fingerprint density at radius 2 is 1.59 bits per heavy atom. The Bertz CT molecular complexity index is 1070. The van der Waals surface area contributed by atoms with Gasteiger partial charge in [0, 0.05) is 19.2 Å². The Labute approximate surface area is 205 Å². The maximum absolute atomic E-state index is 13.2. The van der Waals surface area contributed by atoms with E-state index < -0.39 is 17.7 Å². The number of pyridine rings is 1. The second kappa shape index (κ2) is 11.7. The molecule has 0 fully saturated rings. The van der Waals surface area contributed by atoms with Crippen molar-refractivity contribution in [2.75, 3.05) is 12.4 Å². The zero-order chi connectivity index (χ0) is 24.6. The van der Waals surface area contributed by atoms with Crippen LogP contribution in [-0.2, 0) is 21.7 Å². The average Bonchev–Trinajstić information content (AvgIpc) is 2.82. The van der Waals surface area contributed by atoms with Crippen molar-refractivity contribution in [2.24, 2.45) is 0 Å². The van der Waals surface area contributed by atoms with E-state index in [4.69, 9.17) is 4.74 Å². The summed E-state index contributed by atoms with van der Waals surface area (Å²) < 4.78 is 5.49. The van der Waals surface area contributed by atoms with Gasteiger partial charge in [-0.25, -0.2) is 9.78 Å². The molecular weight excluding hydrogens is 446 g/mol. The third-order valence-electron chi connectivity index (χ3n) is 4.96. The van der Waals surface area contributed by atoms with Gasteiger partial charge >= 0.3 is 6.09 Å². The third kappa shape index (κ3) is 7.92. The van der Waals surface area contributed by atoms with Crippen LogP contribution in [0.5, 0.6) is 0 Å². The molecule has 7 heteroatoms. The molecule has 34 heavy (non-hydrogen) atoms. The molecule has 2 amide bonds. The number of anilines is 1. The van der Waals surface area contributed by atoms with Crippen molar-refractivity contribution in [3.05, 3.63) is 90.1 Å². The van der Waals surface area contributed by atoms with Gasteiger partial charge < -0.3 is 10.1 Å². The first-order chi connectivity index (χ1) is 16.2. The van der Waals surface area contributed by atoms with Crippen LogP contribution in [0.1, 0.15) is 31.9 Å². The van der Waals surface area contributed by atoms with Crippen LogP contribution in [0.25, 0.3) is 0 Å². The van der Waals surface area contributed by atoms with Crippen LogP contribution in [0.3, 0.4) is 0 Å². The lowest BCUT2D eigenvalue weighted by molar-refractivity contribution is -0.120. The van der Waals surface area contributed by atoms with Crippen LogP contribution in [0.4, 0.5) is 10.5 Å². The minimum Gasteiger partial charge on any atom is -0.444 e. The van der Waals surface area contributed by atoms with Crippen molar-refractivity contribution in [1.82, 2.24) is 9.88 Å². The van der Waals surface area contributed by atoms with E-state index in [0.29, 0.717) is 12.1 Å². The maximum atomic E-state index is 13.2. The van der Waals surface area contributed by atoms with E-state index in [1.807, 2.05) is 60.7 Å². The molecule has 0 radical (unpaired) electrons. The quantitative estimate of drug-likeness (QED) is 0.416. The van der Waals surface area contributed by atoms with Crippen molar-refractivity contribution < 1.29 is 14.3 Å². The van der Waals surface area contributed by atoms with Gasteiger partial charge in [0.05, 0.1) is 16.9 Å². The molecule has 1 atom stereocenters. The number of carbonyl (C=O) groups is 2. The van der Waals surface area contributed by atoms with Gasteiger partial charge in [-0.15, -0.1) is 11.8 Å². The van der Waals surface area contributed by atoms with Crippen LogP contribution < -0.4 is 5.32 Å². The van der Waals surface area contributed by atoms with E-state index in [-0.39, 0.29) is 5.91 Å². The lowest BCUT2D eigenvalue weighted by Crippen LogP contribution is -2.48. The molecule has 3 rings (SSSR count). The highest BCUT2D eigenvalue weighted by molar-refractivity contribution is 7.98. The summed E-state index contributed by atoms with van der Waals surface area (Å²) in [6, 6.07) is 22.8. The topological polar surface area (TPSA) is 71.5 Å². The molecule has 0 aliphatic carbocycles. The number of rotatable bonds is 8. The Morgan fingerprint density at radius 3 is 2.15 bits per heavy atom. The van der Waals surface area contributed by atoms with E-state index in [9.17, 15) is 9.59 Å². The van der Waals surface area contributed by atoms with Crippen molar-refractivity contribution in [3.8, 4) is 0 Å². The van der Waals surface area contributed by atoms with Gasteiger partial charge in [-0.2, -0.15) is 0 Å². The second-order valence-corrected chi connectivity index (χ2v) is 9.94. The lowest BCUT2D eigenvalue weighted by atomic mass is 10.0. The summed E-state index contributed by atoms with van der Waals surface area (Å²) in [4.78, 5) is 31.7. The van der Waals surface area contributed by atoms with E-state index in [2.05, 4.69) is 22.4 Å². The van der Waals surface area contributed by atoms with E-state index in [0.717, 1.165) is 16.3 Å². The Balaban J connectivity index is 1.68. The standard InChI is InChI=1S/C27H31N3O3S/c1-27(2,3)33-26(32)30(4)23(17-20-11-7-5-8-12-20)25(31)29-22-15-16-24(28-18-22)34-19-21-13-9-6-10-14-21/h5-16,18,23H,17,19H2,1-4H3,(H,29,31). The smallest absolute Gasteiger partial charge is 0.410 e. The minimum atomic E-state index is -0.746. The van der Waals surface area contributed by atoms with Gasteiger partial charge in [-0.1, -0.05) is 60.7 Å². The molecule has 0 saturated heterocycles. The molecule has 0 aliphatic heterocycles. The van der Waals surface area contributed by atoms with Gasteiger partial charge in [0.1, 0.15) is 11.6 Å². The molecular formula is C27H31N3O3S. The highest BCUT2D eigenvalue weighted by Crippen LogP contribution is 2.22. The average molecular weight is 478 g/mol. The minimum absolute atomic E-state index is 0.302. The van der Waals surface area contributed by atoms with Crippen LogP contribution >= 0.6 is 11.8 Å². The highest BCUT2D eigenvalue weighted by Gasteiger charge is 2.30. The van der Waals surface area contributed by atoms with Gasteiger partial charge in [0.25, 0.3) is 0 Å². The third-order valence-corrected chi connectivity index (χ3v) is 5.97. The Hall–Kier alpha value is -3.32. The molecule has 3 aromatic rings. The number of carbonyl (C=O) groups excluding carboxylic acids is 2. The summed E-state index contributed by atoms with van der Waals surface area (Å²) in [5.74, 6) is 0.517. The number of aromatic nitrogens is 1. The lowest BCUT2D eigenvalue weighted by Gasteiger charge is -2.30. The largest absolute Gasteiger partial charge is 0.444 e. The summed E-state index contributed by atoms with van der Waals surface area (Å²) in [7, 11) is 1.59. The maximum Gasteiger partial charge on any atom is 0.410 e. The van der Waals surface area contributed by atoms with E-state index in [1.54, 1.807) is 45.8 Å². The molecule has 1 heterocycles. The van der Waals surface area contributed by atoms with Crippen LogP contribution in [0.2, 0.25) is 0 Å². The van der Waals surface area contributed by atoms with Gasteiger partial charge in [0.2, 0.25) is 5.91 Å². The number of amides is 2. The van der Waals surface area contributed by atoms with E-state index in [1.165, 1.54) is 10.5 Å². The number of hydrogen-bond acceptors (Lipinski definition) is 5. The van der Waals surface area contributed by atoms with Crippen molar-refractivity contribution >= 4 is 29.4 Å². The second-order valence-electron chi connectivity index (χ2n) is 8.95. The fourth-order valence-electron chi connectivity index (χ4n) is 3.20. The fraction of sp³-hybridized carbons (Fsp3) is 0.296. The molecule has 1 N–H and O–H groups in total. The van der Waals surface area contributed by atoms with Gasteiger partial charge in [-0.3, -0.25) is 9.69 Å². The molecule has 0 spiro atoms. The number of benzene rings is 2. The number of likely N-dealkylation sites (N-methyl/N-ethyl adjacent to an activating group) is 1. The van der Waals surface area contributed by atoms with Crippen LogP contribution in [-0.4, -0.2) is 40.6 Å². The summed E-state index contributed by atoms with van der Waals surface area (Å²) in [6.07, 6.45) is 1.45. The molecule has 0 saturated carbocycles. The number of nitrogens with zero attached hydrogens (tertiary/aromatic N) is 2. The zero-order valence-electron chi connectivity index (χ0n) is 20.0. The molecule has 6 nitrogen and oxygen atoms in total. The van der Waals surface area contributed by atoms with Crippen molar-refractivity contribution in [2.45, 2.75) is 49.6 Å². The monoisotopic (exact) mass is 477 g/mol.